The van der Waals surface area contributed by atoms with Gasteiger partial charge in [-0.1, -0.05) is 0 Å². The van der Waals surface area contributed by atoms with Gasteiger partial charge in [-0.3, -0.25) is 9.69 Å². The average molecular weight is 329 g/mol. The van der Waals surface area contributed by atoms with Crippen molar-refractivity contribution >= 4 is 0 Å². The van der Waals surface area contributed by atoms with Gasteiger partial charge in [0, 0.05) is 36.8 Å². The molecule has 3 heterocycles. The zero-order valence-electron chi connectivity index (χ0n) is 14.1. The summed E-state index contributed by atoms with van der Waals surface area (Å²) in [6.45, 7) is 6.40. The van der Waals surface area contributed by atoms with Crippen LogP contribution in [0.25, 0.3) is 5.82 Å². The third-order valence-electron chi connectivity index (χ3n) is 5.17. The summed E-state index contributed by atoms with van der Waals surface area (Å²) in [6.07, 6.45) is 1.83. The molecule has 4 rings (SSSR count). The van der Waals surface area contributed by atoms with Crippen LogP contribution in [0.15, 0.2) is 23.0 Å². The van der Waals surface area contributed by atoms with E-state index >= 15 is 0 Å². The first-order valence-electron chi connectivity index (χ1n) is 8.55. The molecule has 1 aliphatic heterocycles. The first-order valence-corrected chi connectivity index (χ1v) is 8.55. The van der Waals surface area contributed by atoms with Gasteiger partial charge in [0.05, 0.1) is 18.3 Å². The van der Waals surface area contributed by atoms with Gasteiger partial charge in [-0.05, 0) is 38.8 Å². The van der Waals surface area contributed by atoms with E-state index in [2.05, 4.69) is 15.1 Å². The molecule has 0 spiro atoms. The lowest BCUT2D eigenvalue weighted by molar-refractivity contribution is -0.0721. The lowest BCUT2D eigenvalue weighted by Gasteiger charge is -2.50. The summed E-state index contributed by atoms with van der Waals surface area (Å²) in [5.74, 6) is 1.09. The number of aliphatic hydroxyl groups is 1. The van der Waals surface area contributed by atoms with Gasteiger partial charge in [0.25, 0.3) is 5.56 Å². The molecule has 128 valence electrons. The molecule has 0 radical (unpaired) electrons. The SMILES string of the molecule is Cc1cc(C)n(-c2ccc(=O)n(CC3CN(C4CCC4O)C3)n2)n1. The molecule has 2 atom stereocenters. The van der Waals surface area contributed by atoms with Crippen LogP contribution >= 0.6 is 0 Å². The highest BCUT2D eigenvalue weighted by molar-refractivity contribution is 5.23. The summed E-state index contributed by atoms with van der Waals surface area (Å²) in [5, 5.41) is 18.7. The van der Waals surface area contributed by atoms with Gasteiger partial charge >= 0.3 is 0 Å². The quantitative estimate of drug-likeness (QED) is 0.884. The van der Waals surface area contributed by atoms with Crippen molar-refractivity contribution in [3.63, 3.8) is 0 Å². The molecule has 1 saturated carbocycles. The summed E-state index contributed by atoms with van der Waals surface area (Å²) in [7, 11) is 0. The topological polar surface area (TPSA) is 76.2 Å². The van der Waals surface area contributed by atoms with Crippen molar-refractivity contribution in [3.05, 3.63) is 39.9 Å². The average Bonchev–Trinajstić information content (AvgIpc) is 2.84. The van der Waals surface area contributed by atoms with E-state index in [1.807, 2.05) is 19.9 Å². The lowest BCUT2D eigenvalue weighted by atomic mass is 9.83. The van der Waals surface area contributed by atoms with Gasteiger partial charge in [-0.15, -0.1) is 5.10 Å². The largest absolute Gasteiger partial charge is 0.391 e. The smallest absolute Gasteiger partial charge is 0.266 e. The summed E-state index contributed by atoms with van der Waals surface area (Å²) in [5.41, 5.74) is 1.85. The highest BCUT2D eigenvalue weighted by atomic mass is 16.3. The first kappa shape index (κ1) is 15.5. The maximum atomic E-state index is 12.1. The minimum absolute atomic E-state index is 0.0811. The van der Waals surface area contributed by atoms with Gasteiger partial charge in [0.15, 0.2) is 5.82 Å². The lowest BCUT2D eigenvalue weighted by Crippen LogP contribution is -2.60. The van der Waals surface area contributed by atoms with E-state index in [4.69, 9.17) is 0 Å². The number of rotatable bonds is 4. The van der Waals surface area contributed by atoms with Gasteiger partial charge in [0.1, 0.15) is 0 Å². The van der Waals surface area contributed by atoms with E-state index in [-0.39, 0.29) is 11.7 Å². The summed E-state index contributed by atoms with van der Waals surface area (Å²) in [6, 6.07) is 5.60. The van der Waals surface area contributed by atoms with Gasteiger partial charge < -0.3 is 5.11 Å². The Morgan fingerprint density at radius 1 is 1.21 bits per heavy atom. The second-order valence-electron chi connectivity index (χ2n) is 7.08. The van der Waals surface area contributed by atoms with Crippen LogP contribution in [0.3, 0.4) is 0 Å². The Labute approximate surface area is 140 Å². The van der Waals surface area contributed by atoms with Crippen LogP contribution in [-0.4, -0.2) is 54.8 Å². The molecule has 24 heavy (non-hydrogen) atoms. The van der Waals surface area contributed by atoms with Crippen molar-refractivity contribution in [2.24, 2.45) is 5.92 Å². The van der Waals surface area contributed by atoms with Gasteiger partial charge in [-0.2, -0.15) is 5.10 Å². The third kappa shape index (κ3) is 2.67. The van der Waals surface area contributed by atoms with Crippen molar-refractivity contribution in [2.75, 3.05) is 13.1 Å². The number of aryl methyl sites for hydroxylation is 2. The Balaban J connectivity index is 1.47. The maximum Gasteiger partial charge on any atom is 0.266 e. The van der Waals surface area contributed by atoms with Crippen molar-refractivity contribution in [3.8, 4) is 5.82 Å². The molecule has 1 N–H and O–H groups in total. The molecular weight excluding hydrogens is 306 g/mol. The van der Waals surface area contributed by atoms with E-state index in [0.717, 1.165) is 37.3 Å². The Morgan fingerprint density at radius 3 is 2.58 bits per heavy atom. The summed E-state index contributed by atoms with van der Waals surface area (Å²) < 4.78 is 3.31. The Hall–Kier alpha value is -1.99. The third-order valence-corrected chi connectivity index (χ3v) is 5.17. The molecule has 1 saturated heterocycles. The predicted molar refractivity (Wildman–Crippen MR) is 89.2 cm³/mol. The normalized spacial score (nSPS) is 24.6. The number of hydrogen-bond donors (Lipinski definition) is 1. The minimum atomic E-state index is -0.166. The van der Waals surface area contributed by atoms with E-state index in [1.165, 1.54) is 0 Å². The fraction of sp³-hybridized carbons (Fsp3) is 0.588. The van der Waals surface area contributed by atoms with Crippen molar-refractivity contribution in [1.82, 2.24) is 24.5 Å². The summed E-state index contributed by atoms with van der Waals surface area (Å²) in [4.78, 5) is 14.4. The number of aliphatic hydroxyl groups excluding tert-OH is 1. The number of likely N-dealkylation sites (tertiary alicyclic amines) is 1. The molecule has 7 nitrogen and oxygen atoms in total. The fourth-order valence-electron chi connectivity index (χ4n) is 3.67. The van der Waals surface area contributed by atoms with Crippen LogP contribution in [0.4, 0.5) is 0 Å². The van der Waals surface area contributed by atoms with Gasteiger partial charge in [-0.25, -0.2) is 9.36 Å². The highest BCUT2D eigenvalue weighted by Crippen LogP contribution is 2.31. The van der Waals surface area contributed by atoms with Crippen LogP contribution in [0, 0.1) is 19.8 Å². The molecule has 0 bridgehead atoms. The Morgan fingerprint density at radius 2 is 2.00 bits per heavy atom. The monoisotopic (exact) mass is 329 g/mol. The molecule has 7 heteroatoms. The molecule has 2 unspecified atom stereocenters. The van der Waals surface area contributed by atoms with Crippen LogP contribution in [0.1, 0.15) is 24.2 Å². The molecule has 2 aliphatic rings. The zero-order valence-corrected chi connectivity index (χ0v) is 14.1. The number of aromatic nitrogens is 4. The standard InChI is InChI=1S/C17H23N5O2/c1-11-7-12(2)22(18-11)16-5-6-17(24)21(19-16)10-13-8-20(9-13)14-3-4-15(14)23/h5-7,13-15,23H,3-4,8-10H2,1-2H3. The van der Waals surface area contributed by atoms with Gasteiger partial charge in [0.2, 0.25) is 0 Å². The fourth-order valence-corrected chi connectivity index (χ4v) is 3.67. The molecule has 2 fully saturated rings. The molecule has 1 aliphatic carbocycles. The van der Waals surface area contributed by atoms with Crippen molar-refractivity contribution in [1.29, 1.82) is 0 Å². The second-order valence-corrected chi connectivity index (χ2v) is 7.08. The summed E-state index contributed by atoms with van der Waals surface area (Å²) >= 11 is 0. The zero-order chi connectivity index (χ0) is 16.8. The minimum Gasteiger partial charge on any atom is -0.391 e. The maximum absolute atomic E-state index is 12.1. The predicted octanol–water partition coefficient (Wildman–Crippen LogP) is 0.501. The highest BCUT2D eigenvalue weighted by Gasteiger charge is 2.40. The van der Waals surface area contributed by atoms with Crippen LogP contribution < -0.4 is 5.56 Å². The Bertz CT molecular complexity index is 806. The van der Waals surface area contributed by atoms with E-state index < -0.39 is 0 Å². The van der Waals surface area contributed by atoms with Crippen LogP contribution in [0.5, 0.6) is 0 Å². The van der Waals surface area contributed by atoms with E-state index in [1.54, 1.807) is 21.5 Å². The molecular formula is C17H23N5O2. The molecule has 2 aromatic heterocycles. The van der Waals surface area contributed by atoms with Crippen LogP contribution in [-0.2, 0) is 6.54 Å². The molecule has 0 amide bonds. The van der Waals surface area contributed by atoms with Crippen LogP contribution in [0.2, 0.25) is 0 Å². The molecule has 0 aromatic carbocycles. The van der Waals surface area contributed by atoms with E-state index in [9.17, 15) is 9.90 Å². The van der Waals surface area contributed by atoms with Crippen molar-refractivity contribution < 1.29 is 5.11 Å². The first-order chi connectivity index (χ1) is 11.5. The van der Waals surface area contributed by atoms with E-state index in [0.29, 0.717) is 24.3 Å². The van der Waals surface area contributed by atoms with Crippen molar-refractivity contribution in [2.45, 2.75) is 45.4 Å². The Kier molecular flexibility index (Phi) is 3.77. The number of nitrogens with zero attached hydrogens (tertiary/aromatic N) is 5. The number of hydrogen-bond acceptors (Lipinski definition) is 5. The molecule has 2 aromatic rings. The second kappa shape index (κ2) is 5.82.